The average molecular weight is 548 g/mol. The lowest BCUT2D eigenvalue weighted by Crippen LogP contribution is -2.60. The van der Waals surface area contributed by atoms with Crippen LogP contribution in [0.2, 0.25) is 0 Å². The lowest BCUT2D eigenvalue weighted by atomic mass is 9.62. The van der Waals surface area contributed by atoms with Crippen molar-refractivity contribution in [2.75, 3.05) is 6.61 Å². The first kappa shape index (κ1) is 28.3. The molecular weight excluding hydrogens is 506 g/mol. The van der Waals surface area contributed by atoms with Gasteiger partial charge in [0.05, 0.1) is 30.1 Å². The summed E-state index contributed by atoms with van der Waals surface area (Å²) in [5.74, 6) is -2.53. The number of hydrogen-bond donors (Lipinski definition) is 3. The average Bonchev–Trinajstić information content (AvgIpc) is 3.42. The monoisotopic (exact) mass is 547 g/mol. The largest absolute Gasteiger partial charge is 0.394 e. The minimum atomic E-state index is -1.17. The summed E-state index contributed by atoms with van der Waals surface area (Å²) in [5.41, 5.74) is -0.715. The Bertz CT molecular complexity index is 1260. The molecule has 0 saturated carbocycles. The molecule has 3 amide bonds. The minimum absolute atomic E-state index is 0.0596. The summed E-state index contributed by atoms with van der Waals surface area (Å²) < 4.78 is 6.80. The number of fused-ring (bicyclic) bond motifs is 1. The molecule has 0 aromatic heterocycles. The van der Waals surface area contributed by atoms with Gasteiger partial charge in [-0.05, 0) is 57.6 Å². The van der Waals surface area contributed by atoms with E-state index in [2.05, 4.69) is 10.6 Å². The molecule has 2 aromatic rings. The number of aliphatic hydroxyl groups is 1. The molecule has 0 aliphatic carbocycles. The van der Waals surface area contributed by atoms with E-state index in [-0.39, 0.29) is 30.2 Å². The van der Waals surface area contributed by atoms with Crippen molar-refractivity contribution in [1.29, 1.82) is 0 Å². The van der Waals surface area contributed by atoms with Gasteiger partial charge >= 0.3 is 0 Å². The molecule has 214 valence electrons. The number of benzene rings is 2. The van der Waals surface area contributed by atoms with Gasteiger partial charge in [0.1, 0.15) is 11.6 Å². The van der Waals surface area contributed by atoms with E-state index in [0.29, 0.717) is 19.4 Å². The molecule has 3 unspecified atom stereocenters. The lowest BCUT2D eigenvalue weighted by molar-refractivity contribution is -0.151. The molecule has 2 aromatic carbocycles. The number of nitrogens with zero attached hydrogens (tertiary/aromatic N) is 1. The Balaban J connectivity index is 1.54. The molecule has 8 heteroatoms. The van der Waals surface area contributed by atoms with Crippen LogP contribution in [-0.4, -0.2) is 63.2 Å². The van der Waals surface area contributed by atoms with Gasteiger partial charge in [0, 0.05) is 12.1 Å². The number of hydrogen-bond acceptors (Lipinski definition) is 5. The van der Waals surface area contributed by atoms with Crippen LogP contribution in [0, 0.1) is 17.8 Å². The highest BCUT2D eigenvalue weighted by Crippen LogP contribution is 2.65. The molecule has 3 aliphatic heterocycles. The second-order valence-corrected chi connectivity index (χ2v) is 12.9. The van der Waals surface area contributed by atoms with E-state index in [9.17, 15) is 19.5 Å². The first-order valence-corrected chi connectivity index (χ1v) is 14.2. The SMILES string of the molecule is CC1CC23O[C@]1(C)[C@@H](C(=O)NCc1ccccc1)[C@H]2C(=O)N([C@@H](CO)Cc1ccccc1)C3C(=O)NC(C)(C)C. The van der Waals surface area contributed by atoms with E-state index < -0.39 is 40.7 Å². The van der Waals surface area contributed by atoms with Crippen LogP contribution in [0.25, 0.3) is 0 Å². The third-order valence-electron chi connectivity index (χ3n) is 9.01. The van der Waals surface area contributed by atoms with Crippen molar-refractivity contribution in [1.82, 2.24) is 15.5 Å². The molecule has 3 N–H and O–H groups in total. The van der Waals surface area contributed by atoms with E-state index in [4.69, 9.17) is 4.74 Å². The minimum Gasteiger partial charge on any atom is -0.394 e. The maximum atomic E-state index is 14.5. The second-order valence-electron chi connectivity index (χ2n) is 12.9. The van der Waals surface area contributed by atoms with E-state index in [1.807, 2.05) is 95.3 Å². The normalized spacial score (nSPS) is 31.6. The Labute approximate surface area is 236 Å². The van der Waals surface area contributed by atoms with Crippen molar-refractivity contribution in [3.8, 4) is 0 Å². The maximum Gasteiger partial charge on any atom is 0.246 e. The van der Waals surface area contributed by atoms with Gasteiger partial charge in [-0.3, -0.25) is 14.4 Å². The third kappa shape index (κ3) is 4.71. The summed E-state index contributed by atoms with van der Waals surface area (Å²) in [5, 5.41) is 16.7. The Kier molecular flexibility index (Phi) is 7.29. The predicted molar refractivity (Wildman–Crippen MR) is 151 cm³/mol. The van der Waals surface area contributed by atoms with Gasteiger partial charge in [-0.15, -0.1) is 0 Å². The maximum absolute atomic E-state index is 14.5. The second kappa shape index (κ2) is 10.3. The smallest absolute Gasteiger partial charge is 0.246 e. The molecule has 7 atom stereocenters. The summed E-state index contributed by atoms with van der Waals surface area (Å²) in [7, 11) is 0. The van der Waals surface area contributed by atoms with Crippen LogP contribution in [0.5, 0.6) is 0 Å². The summed E-state index contributed by atoms with van der Waals surface area (Å²) in [4.78, 5) is 43.9. The van der Waals surface area contributed by atoms with Gasteiger partial charge in [-0.2, -0.15) is 0 Å². The molecule has 0 radical (unpaired) electrons. The van der Waals surface area contributed by atoms with Crippen LogP contribution in [0.4, 0.5) is 0 Å². The van der Waals surface area contributed by atoms with Crippen LogP contribution in [-0.2, 0) is 32.1 Å². The topological polar surface area (TPSA) is 108 Å². The number of carbonyl (C=O) groups excluding carboxylic acids is 3. The van der Waals surface area contributed by atoms with Crippen LogP contribution in [0.15, 0.2) is 60.7 Å². The van der Waals surface area contributed by atoms with Gasteiger partial charge in [0.15, 0.2) is 0 Å². The van der Waals surface area contributed by atoms with Gasteiger partial charge in [0.2, 0.25) is 17.7 Å². The Hall–Kier alpha value is -3.23. The number of amides is 3. The molecule has 3 saturated heterocycles. The summed E-state index contributed by atoms with van der Waals surface area (Å²) in [6, 6.07) is 17.6. The molecule has 1 spiro atoms. The van der Waals surface area contributed by atoms with Crippen LogP contribution >= 0.6 is 0 Å². The highest BCUT2D eigenvalue weighted by molar-refractivity contribution is 5.99. The Morgan fingerprint density at radius 3 is 2.23 bits per heavy atom. The van der Waals surface area contributed by atoms with Gasteiger partial charge in [0.25, 0.3) is 0 Å². The van der Waals surface area contributed by atoms with Gasteiger partial charge in [-0.1, -0.05) is 67.6 Å². The van der Waals surface area contributed by atoms with Crippen molar-refractivity contribution in [3.05, 3.63) is 71.8 Å². The predicted octanol–water partition coefficient (Wildman–Crippen LogP) is 2.83. The van der Waals surface area contributed by atoms with Crippen LogP contribution in [0.3, 0.4) is 0 Å². The fraction of sp³-hybridized carbons (Fsp3) is 0.531. The molecule has 3 heterocycles. The quantitative estimate of drug-likeness (QED) is 0.471. The molecule has 8 nitrogen and oxygen atoms in total. The highest BCUT2D eigenvalue weighted by atomic mass is 16.5. The standard InChI is InChI=1S/C32H41N3O5/c1-20-17-32-25(24(31(20,5)40-32)27(37)33-18-22-14-10-7-11-15-22)29(39)35(26(32)28(38)34-30(2,3)4)23(19-36)16-21-12-8-6-9-13-21/h6-15,20,23-26,36H,16-19H2,1-5H3,(H,33,37)(H,34,38)/t20?,23-,24-,25+,26?,31+,32?/m1/s1. The van der Waals surface area contributed by atoms with Gasteiger partial charge < -0.3 is 25.4 Å². The zero-order chi connectivity index (χ0) is 28.9. The summed E-state index contributed by atoms with van der Waals surface area (Å²) >= 11 is 0. The number of ether oxygens (including phenoxy) is 1. The Morgan fingerprint density at radius 1 is 1.05 bits per heavy atom. The van der Waals surface area contributed by atoms with Crippen molar-refractivity contribution in [2.24, 2.45) is 17.8 Å². The lowest BCUT2D eigenvalue weighted by Gasteiger charge is -2.38. The molecule has 3 aliphatic rings. The fourth-order valence-corrected chi connectivity index (χ4v) is 7.24. The van der Waals surface area contributed by atoms with E-state index in [1.54, 1.807) is 0 Å². The molecular formula is C32H41N3O5. The third-order valence-corrected chi connectivity index (χ3v) is 9.01. The number of rotatable bonds is 8. The number of likely N-dealkylation sites (tertiary alicyclic amines) is 1. The number of nitrogens with one attached hydrogen (secondary N) is 2. The number of carbonyl (C=O) groups is 3. The van der Waals surface area contributed by atoms with Crippen molar-refractivity contribution >= 4 is 17.7 Å². The number of aliphatic hydroxyl groups excluding tert-OH is 1. The van der Waals surface area contributed by atoms with Crippen LogP contribution < -0.4 is 10.6 Å². The Morgan fingerprint density at radius 2 is 1.65 bits per heavy atom. The van der Waals surface area contributed by atoms with Crippen LogP contribution in [0.1, 0.15) is 52.2 Å². The highest BCUT2D eigenvalue weighted by Gasteiger charge is 2.80. The van der Waals surface area contributed by atoms with E-state index >= 15 is 0 Å². The summed E-state index contributed by atoms with van der Waals surface area (Å²) in [6.45, 7) is 9.63. The first-order valence-electron chi connectivity index (χ1n) is 14.2. The van der Waals surface area contributed by atoms with E-state index in [1.165, 1.54) is 4.90 Å². The zero-order valence-electron chi connectivity index (χ0n) is 24.0. The molecule has 2 bridgehead atoms. The molecule has 40 heavy (non-hydrogen) atoms. The van der Waals surface area contributed by atoms with E-state index in [0.717, 1.165) is 11.1 Å². The zero-order valence-corrected chi connectivity index (χ0v) is 24.0. The van der Waals surface area contributed by atoms with Gasteiger partial charge in [-0.25, -0.2) is 0 Å². The molecule has 3 fully saturated rings. The summed E-state index contributed by atoms with van der Waals surface area (Å²) in [6.07, 6.45) is 0.855. The first-order chi connectivity index (χ1) is 18.9. The molecule has 5 rings (SSSR count). The van der Waals surface area contributed by atoms with Crippen molar-refractivity contribution < 1.29 is 24.2 Å². The van der Waals surface area contributed by atoms with Crippen molar-refractivity contribution in [2.45, 2.75) is 82.8 Å². The van der Waals surface area contributed by atoms with Crippen molar-refractivity contribution in [3.63, 3.8) is 0 Å². The fourth-order valence-electron chi connectivity index (χ4n) is 7.24.